The molecule has 0 aliphatic heterocycles. The minimum atomic E-state index is -0.185. The van der Waals surface area contributed by atoms with Gasteiger partial charge >= 0.3 is 0 Å². The van der Waals surface area contributed by atoms with Crippen LogP contribution in [0, 0.1) is 0 Å². The molecule has 26 heavy (non-hydrogen) atoms. The summed E-state index contributed by atoms with van der Waals surface area (Å²) >= 11 is 3.39. The average molecular weight is 412 g/mol. The van der Waals surface area contributed by atoms with Crippen LogP contribution in [0.25, 0.3) is 10.9 Å². The number of benzene rings is 2. The molecule has 0 N–H and O–H groups in total. The highest BCUT2D eigenvalue weighted by Crippen LogP contribution is 2.16. The first kappa shape index (κ1) is 18.1. The quantitative estimate of drug-likeness (QED) is 0.451. The number of nitrogens with zero attached hydrogens (tertiary/aromatic N) is 3. The zero-order valence-electron chi connectivity index (χ0n) is 14.4. The number of hydrogen-bond donors (Lipinski definition) is 0. The fraction of sp³-hybridized carbons (Fsp3) is 0.150. The Labute approximate surface area is 159 Å². The molecule has 0 bridgehead atoms. The molecule has 0 aliphatic rings. The predicted octanol–water partition coefficient (Wildman–Crippen LogP) is 4.17. The molecule has 2 aromatic carbocycles. The lowest BCUT2D eigenvalue weighted by Crippen LogP contribution is -2.22. The number of aryl methyl sites for hydroxylation is 1. The maximum atomic E-state index is 12.8. The van der Waals surface area contributed by atoms with Crippen molar-refractivity contribution < 1.29 is 4.74 Å². The van der Waals surface area contributed by atoms with Crippen LogP contribution in [-0.2, 0) is 6.42 Å². The third-order valence-electron chi connectivity index (χ3n) is 3.76. The second-order valence-electron chi connectivity index (χ2n) is 5.57. The first-order valence-electron chi connectivity index (χ1n) is 8.21. The van der Waals surface area contributed by atoms with E-state index < -0.39 is 0 Å². The van der Waals surface area contributed by atoms with E-state index in [0.29, 0.717) is 29.8 Å². The maximum Gasteiger partial charge on any atom is 0.282 e. The van der Waals surface area contributed by atoms with E-state index in [9.17, 15) is 4.79 Å². The van der Waals surface area contributed by atoms with Crippen molar-refractivity contribution in [2.75, 3.05) is 6.61 Å². The third-order valence-corrected chi connectivity index (χ3v) is 4.26. The predicted molar refractivity (Wildman–Crippen MR) is 108 cm³/mol. The summed E-state index contributed by atoms with van der Waals surface area (Å²) in [4.78, 5) is 17.4. The van der Waals surface area contributed by atoms with Crippen LogP contribution in [0.1, 0.15) is 18.3 Å². The fourth-order valence-electron chi connectivity index (χ4n) is 2.47. The summed E-state index contributed by atoms with van der Waals surface area (Å²) in [5, 5.41) is 4.89. The van der Waals surface area contributed by atoms with E-state index in [1.54, 1.807) is 18.4 Å². The Balaban J connectivity index is 1.96. The Morgan fingerprint density at radius 1 is 1.27 bits per heavy atom. The van der Waals surface area contributed by atoms with E-state index in [-0.39, 0.29) is 5.56 Å². The smallest absolute Gasteiger partial charge is 0.282 e. The van der Waals surface area contributed by atoms with Gasteiger partial charge in [-0.1, -0.05) is 35.5 Å². The zero-order chi connectivity index (χ0) is 18.5. The molecule has 0 spiro atoms. The highest BCUT2D eigenvalue weighted by Gasteiger charge is 2.09. The Kier molecular flexibility index (Phi) is 5.63. The molecule has 0 saturated heterocycles. The van der Waals surface area contributed by atoms with Gasteiger partial charge in [0.25, 0.3) is 5.56 Å². The molecule has 5 nitrogen and oxygen atoms in total. The van der Waals surface area contributed by atoms with Crippen molar-refractivity contribution in [1.29, 1.82) is 0 Å². The van der Waals surface area contributed by atoms with Gasteiger partial charge in [0.15, 0.2) is 0 Å². The van der Waals surface area contributed by atoms with Gasteiger partial charge in [0.05, 0.1) is 17.1 Å². The summed E-state index contributed by atoms with van der Waals surface area (Å²) in [5.41, 5.74) is 1.35. The highest BCUT2D eigenvalue weighted by atomic mass is 79.9. The molecule has 6 heteroatoms. The van der Waals surface area contributed by atoms with Crippen LogP contribution in [0.3, 0.4) is 0 Å². The molecule has 1 heterocycles. The first-order chi connectivity index (χ1) is 12.6. The Morgan fingerprint density at radius 3 is 2.73 bits per heavy atom. The minimum Gasteiger partial charge on any atom is -0.490 e. The fourth-order valence-corrected chi connectivity index (χ4v) is 2.83. The number of fused-ring (bicyclic) bond motifs is 1. The lowest BCUT2D eigenvalue weighted by Gasteiger charge is -2.08. The molecule has 0 saturated carbocycles. The van der Waals surface area contributed by atoms with E-state index >= 15 is 0 Å². The molecule has 0 aliphatic carbocycles. The van der Waals surface area contributed by atoms with Crippen molar-refractivity contribution in [1.82, 2.24) is 9.66 Å². The highest BCUT2D eigenvalue weighted by molar-refractivity contribution is 9.10. The first-order valence-corrected chi connectivity index (χ1v) is 9.01. The number of hydrogen-bond acceptors (Lipinski definition) is 4. The van der Waals surface area contributed by atoms with Crippen LogP contribution in [0.15, 0.2) is 69.5 Å². The Bertz CT molecular complexity index is 1020. The summed E-state index contributed by atoms with van der Waals surface area (Å²) in [7, 11) is 0. The van der Waals surface area contributed by atoms with E-state index in [1.807, 2.05) is 43.3 Å². The molecule has 132 valence electrons. The summed E-state index contributed by atoms with van der Waals surface area (Å²) in [6, 6.07) is 12.9. The SMILES string of the molecule is C=CCOc1ccc(C=Nn2c(CC)nc3ccc(Br)cc3c2=O)cc1. The van der Waals surface area contributed by atoms with Gasteiger partial charge in [-0.15, -0.1) is 0 Å². The van der Waals surface area contributed by atoms with Gasteiger partial charge in [-0.3, -0.25) is 4.79 Å². The zero-order valence-corrected chi connectivity index (χ0v) is 15.9. The van der Waals surface area contributed by atoms with Gasteiger partial charge in [-0.05, 0) is 48.0 Å². The standard InChI is InChI=1S/C20H18BrN3O2/c1-3-11-26-16-8-5-14(6-9-16)13-22-24-19(4-2)23-18-10-7-15(21)12-17(18)20(24)25/h3,5-10,12-13H,1,4,11H2,2H3. The largest absolute Gasteiger partial charge is 0.490 e. The van der Waals surface area contributed by atoms with Crippen molar-refractivity contribution >= 4 is 33.0 Å². The van der Waals surface area contributed by atoms with Crippen LogP contribution in [0.2, 0.25) is 0 Å². The topological polar surface area (TPSA) is 56.5 Å². The summed E-state index contributed by atoms with van der Waals surface area (Å²) in [5.74, 6) is 1.37. The summed E-state index contributed by atoms with van der Waals surface area (Å²) in [6.07, 6.45) is 3.94. The van der Waals surface area contributed by atoms with Crippen molar-refractivity contribution in [2.45, 2.75) is 13.3 Å². The van der Waals surface area contributed by atoms with Gasteiger partial charge in [0.1, 0.15) is 18.2 Å². The Morgan fingerprint density at radius 2 is 2.04 bits per heavy atom. The number of aromatic nitrogens is 2. The van der Waals surface area contributed by atoms with E-state index in [1.165, 1.54) is 4.68 Å². The van der Waals surface area contributed by atoms with Crippen LogP contribution < -0.4 is 10.3 Å². The van der Waals surface area contributed by atoms with Crippen LogP contribution in [0.4, 0.5) is 0 Å². The molecular weight excluding hydrogens is 394 g/mol. The van der Waals surface area contributed by atoms with Crippen LogP contribution >= 0.6 is 15.9 Å². The lowest BCUT2D eigenvalue weighted by atomic mass is 10.2. The molecular formula is C20H18BrN3O2. The van der Waals surface area contributed by atoms with Gasteiger partial charge in [0, 0.05) is 10.9 Å². The van der Waals surface area contributed by atoms with Crippen LogP contribution in [-0.4, -0.2) is 22.5 Å². The van der Waals surface area contributed by atoms with Gasteiger partial charge < -0.3 is 4.74 Å². The van der Waals surface area contributed by atoms with E-state index in [4.69, 9.17) is 4.74 Å². The van der Waals surface area contributed by atoms with Gasteiger partial charge in [-0.25, -0.2) is 4.98 Å². The molecule has 0 amide bonds. The molecule has 1 aromatic heterocycles. The second kappa shape index (κ2) is 8.10. The molecule has 0 radical (unpaired) electrons. The van der Waals surface area contributed by atoms with Crippen molar-refractivity contribution in [3.05, 3.63) is 81.3 Å². The molecule has 0 unspecified atom stereocenters. The number of halogens is 1. The van der Waals surface area contributed by atoms with Crippen molar-refractivity contribution in [3.63, 3.8) is 0 Å². The van der Waals surface area contributed by atoms with E-state index in [2.05, 4.69) is 32.6 Å². The van der Waals surface area contributed by atoms with Crippen LogP contribution in [0.5, 0.6) is 5.75 Å². The normalized spacial score (nSPS) is 11.2. The maximum absolute atomic E-state index is 12.8. The number of rotatable bonds is 6. The minimum absolute atomic E-state index is 0.185. The number of ether oxygens (including phenoxy) is 1. The van der Waals surface area contributed by atoms with Crippen molar-refractivity contribution in [2.24, 2.45) is 5.10 Å². The van der Waals surface area contributed by atoms with Gasteiger partial charge in [-0.2, -0.15) is 9.78 Å². The lowest BCUT2D eigenvalue weighted by molar-refractivity contribution is 0.363. The van der Waals surface area contributed by atoms with E-state index in [0.717, 1.165) is 15.8 Å². The monoisotopic (exact) mass is 411 g/mol. The Hall–Kier alpha value is -2.73. The molecule has 3 rings (SSSR count). The summed E-state index contributed by atoms with van der Waals surface area (Å²) < 4.78 is 7.65. The summed E-state index contributed by atoms with van der Waals surface area (Å²) in [6.45, 7) is 6.03. The molecule has 3 aromatic rings. The van der Waals surface area contributed by atoms with Crippen molar-refractivity contribution in [3.8, 4) is 5.75 Å². The molecule has 0 fully saturated rings. The van der Waals surface area contributed by atoms with Gasteiger partial charge in [0.2, 0.25) is 0 Å². The third kappa shape index (κ3) is 3.91. The molecule has 0 atom stereocenters. The average Bonchev–Trinajstić information content (AvgIpc) is 2.66. The second-order valence-corrected chi connectivity index (χ2v) is 6.49.